The number of fused-ring (bicyclic) bond motifs is 1. The average Bonchev–Trinajstić information content (AvgIpc) is 3.37. The third-order valence-electron chi connectivity index (χ3n) is 5.50. The molecule has 224 valence electrons. The number of alkyl halides is 3. The lowest BCUT2D eigenvalue weighted by Gasteiger charge is -2.13. The summed E-state index contributed by atoms with van der Waals surface area (Å²) in [6, 6.07) is 16.4. The Labute approximate surface area is 251 Å². The summed E-state index contributed by atoms with van der Waals surface area (Å²) in [7, 11) is 0. The quantitative estimate of drug-likeness (QED) is 0.171. The van der Waals surface area contributed by atoms with Gasteiger partial charge in [-0.1, -0.05) is 41.4 Å². The fourth-order valence-electron chi connectivity index (χ4n) is 3.51. The van der Waals surface area contributed by atoms with Crippen LogP contribution in [-0.2, 0) is 22.7 Å². The van der Waals surface area contributed by atoms with Crippen LogP contribution in [0.15, 0.2) is 54.6 Å². The number of nitriles is 1. The van der Waals surface area contributed by atoms with Crippen LogP contribution in [0.3, 0.4) is 0 Å². The summed E-state index contributed by atoms with van der Waals surface area (Å²) in [4.78, 5) is 35.8. The zero-order chi connectivity index (χ0) is 31.9. The van der Waals surface area contributed by atoms with Gasteiger partial charge in [-0.25, -0.2) is 9.18 Å². The Morgan fingerprint density at radius 1 is 1.02 bits per heavy atom. The molecule has 43 heavy (non-hydrogen) atoms. The first-order chi connectivity index (χ1) is 20.2. The van der Waals surface area contributed by atoms with Crippen LogP contribution in [0.4, 0.5) is 17.6 Å². The van der Waals surface area contributed by atoms with Gasteiger partial charge in [0.15, 0.2) is 11.6 Å². The van der Waals surface area contributed by atoms with Crippen molar-refractivity contribution in [1.29, 1.82) is 5.26 Å². The molecule has 4 aromatic rings. The number of amides is 2. The molecular formula is C28H20Cl2F4N4O5. The summed E-state index contributed by atoms with van der Waals surface area (Å²) in [5.74, 6) is -4.17. The molecule has 3 aromatic carbocycles. The first-order valence-corrected chi connectivity index (χ1v) is 12.7. The van der Waals surface area contributed by atoms with Crippen molar-refractivity contribution >= 4 is 51.9 Å². The van der Waals surface area contributed by atoms with E-state index >= 15 is 4.39 Å². The Kier molecular flexibility index (Phi) is 10.6. The summed E-state index contributed by atoms with van der Waals surface area (Å²) in [6.45, 7) is 1.69. The SMILES string of the molecule is CC(=O)NCc1ccc2cc(C(=O)NCc3ccc(Cl)c(Oc4cc(Cl)cc(C#N)c4)c3F)[nH]c2c1.O=C(O)C(F)(F)F. The largest absolute Gasteiger partial charge is 0.490 e. The van der Waals surface area contributed by atoms with Gasteiger partial charge in [-0.2, -0.15) is 18.4 Å². The molecule has 0 aliphatic rings. The molecule has 9 nitrogen and oxygen atoms in total. The number of halogens is 6. The summed E-state index contributed by atoms with van der Waals surface area (Å²) in [6.07, 6.45) is -5.08. The van der Waals surface area contributed by atoms with Crippen LogP contribution in [0.1, 0.15) is 34.1 Å². The molecular weight excluding hydrogens is 619 g/mol. The van der Waals surface area contributed by atoms with Gasteiger partial charge in [0, 0.05) is 41.5 Å². The number of H-pyrrole nitrogens is 1. The van der Waals surface area contributed by atoms with Crippen LogP contribution >= 0.6 is 23.2 Å². The van der Waals surface area contributed by atoms with E-state index in [0.29, 0.717) is 12.2 Å². The van der Waals surface area contributed by atoms with E-state index in [1.165, 1.54) is 37.3 Å². The Hall–Kier alpha value is -4.80. The van der Waals surface area contributed by atoms with Crippen LogP contribution in [0, 0.1) is 17.1 Å². The molecule has 0 spiro atoms. The number of carbonyl (C=O) groups excluding carboxylic acids is 2. The van der Waals surface area contributed by atoms with Crippen LogP contribution in [0.5, 0.6) is 11.5 Å². The summed E-state index contributed by atoms with van der Waals surface area (Å²) < 4.78 is 52.5. The van der Waals surface area contributed by atoms with E-state index in [1.54, 1.807) is 6.07 Å². The number of carboxylic acid groups (broad SMARTS) is 1. The highest BCUT2D eigenvalue weighted by Crippen LogP contribution is 2.35. The van der Waals surface area contributed by atoms with Crippen LogP contribution < -0.4 is 15.4 Å². The van der Waals surface area contributed by atoms with Gasteiger partial charge in [-0.05, 0) is 42.0 Å². The van der Waals surface area contributed by atoms with Gasteiger partial charge in [0.25, 0.3) is 5.91 Å². The van der Waals surface area contributed by atoms with Gasteiger partial charge in [-0.15, -0.1) is 0 Å². The van der Waals surface area contributed by atoms with Crippen molar-refractivity contribution < 1.29 is 41.8 Å². The standard InChI is InChI=1S/C26H19Cl2FN4O3.C2HF3O2/c1-14(34)31-12-15-2-3-17-9-23(33-22(17)8-15)26(35)32-13-18-4-5-21(28)25(24(18)29)36-20-7-16(11-30)6-19(27)10-20;3-2(4,5)1(6)7/h2-10,33H,12-13H2,1H3,(H,31,34)(H,32,35);(H,6,7). The molecule has 0 saturated carbocycles. The van der Waals surface area contributed by atoms with Gasteiger partial charge in [0.05, 0.1) is 16.7 Å². The second-order valence-electron chi connectivity index (χ2n) is 8.74. The molecule has 2 amide bonds. The lowest BCUT2D eigenvalue weighted by Crippen LogP contribution is -2.23. The second-order valence-corrected chi connectivity index (χ2v) is 9.58. The molecule has 1 aromatic heterocycles. The van der Waals surface area contributed by atoms with Crippen molar-refractivity contribution in [2.24, 2.45) is 0 Å². The molecule has 0 aliphatic carbocycles. The zero-order valence-electron chi connectivity index (χ0n) is 21.9. The summed E-state index contributed by atoms with van der Waals surface area (Å²) in [5, 5.41) is 22.7. The molecule has 0 saturated heterocycles. The number of carboxylic acids is 1. The number of aromatic amines is 1. The highest BCUT2D eigenvalue weighted by Gasteiger charge is 2.38. The molecule has 4 N–H and O–H groups in total. The monoisotopic (exact) mass is 638 g/mol. The predicted octanol–water partition coefficient (Wildman–Crippen LogP) is 6.48. The summed E-state index contributed by atoms with van der Waals surface area (Å²) in [5.41, 5.74) is 2.31. The maximum absolute atomic E-state index is 15.2. The number of nitrogens with one attached hydrogen (secondary N) is 3. The number of carbonyl (C=O) groups is 3. The van der Waals surface area contributed by atoms with E-state index in [4.69, 9.17) is 43.1 Å². The fraction of sp³-hybridized carbons (Fsp3) is 0.143. The van der Waals surface area contributed by atoms with Crippen molar-refractivity contribution in [1.82, 2.24) is 15.6 Å². The van der Waals surface area contributed by atoms with Gasteiger partial charge >= 0.3 is 12.1 Å². The molecule has 0 radical (unpaired) electrons. The molecule has 0 atom stereocenters. The first-order valence-electron chi connectivity index (χ1n) is 12.0. The topological polar surface area (TPSA) is 144 Å². The summed E-state index contributed by atoms with van der Waals surface area (Å²) >= 11 is 12.1. The smallest absolute Gasteiger partial charge is 0.475 e. The van der Waals surface area contributed by atoms with Crippen LogP contribution in [-0.4, -0.2) is 34.1 Å². The lowest BCUT2D eigenvalue weighted by molar-refractivity contribution is -0.192. The van der Waals surface area contributed by atoms with Crippen LogP contribution in [0.25, 0.3) is 10.9 Å². The number of nitrogens with zero attached hydrogens (tertiary/aromatic N) is 1. The van der Waals surface area contributed by atoms with Gasteiger partial charge in [0.2, 0.25) is 5.91 Å². The van der Waals surface area contributed by atoms with Crippen molar-refractivity contribution in [3.8, 4) is 17.6 Å². The van der Waals surface area contributed by atoms with Crippen LogP contribution in [0.2, 0.25) is 10.0 Å². The number of ether oxygens (including phenoxy) is 1. The number of aromatic nitrogens is 1. The second kappa shape index (κ2) is 13.9. The number of benzene rings is 3. The number of rotatable bonds is 7. The van der Waals surface area contributed by atoms with E-state index in [0.717, 1.165) is 16.5 Å². The third-order valence-corrected chi connectivity index (χ3v) is 6.02. The third kappa shape index (κ3) is 9.09. The zero-order valence-corrected chi connectivity index (χ0v) is 23.4. The fourth-order valence-corrected chi connectivity index (χ4v) is 3.92. The van der Waals surface area contributed by atoms with E-state index in [-0.39, 0.29) is 45.1 Å². The van der Waals surface area contributed by atoms with Gasteiger partial charge < -0.3 is 25.5 Å². The normalized spacial score (nSPS) is 10.7. The minimum atomic E-state index is -5.08. The molecule has 0 fully saturated rings. The maximum atomic E-state index is 15.2. The molecule has 0 bridgehead atoms. The predicted molar refractivity (Wildman–Crippen MR) is 148 cm³/mol. The Balaban J connectivity index is 0.000000646. The van der Waals surface area contributed by atoms with Gasteiger partial charge in [0.1, 0.15) is 11.4 Å². The van der Waals surface area contributed by atoms with E-state index in [1.807, 2.05) is 24.3 Å². The Morgan fingerprint density at radius 2 is 1.72 bits per heavy atom. The van der Waals surface area contributed by atoms with Crippen molar-refractivity contribution in [3.05, 3.63) is 92.8 Å². The lowest BCUT2D eigenvalue weighted by atomic mass is 10.1. The number of hydrogen-bond donors (Lipinski definition) is 4. The number of hydrogen-bond acceptors (Lipinski definition) is 5. The maximum Gasteiger partial charge on any atom is 0.490 e. The van der Waals surface area contributed by atoms with E-state index < -0.39 is 23.9 Å². The Morgan fingerprint density at radius 3 is 2.35 bits per heavy atom. The first kappa shape index (κ1) is 32.7. The molecule has 15 heteroatoms. The molecule has 0 aliphatic heterocycles. The highest BCUT2D eigenvalue weighted by molar-refractivity contribution is 6.32. The molecule has 0 unspecified atom stereocenters. The Bertz CT molecular complexity index is 1730. The molecule has 4 rings (SSSR count). The number of aliphatic carboxylic acids is 1. The van der Waals surface area contributed by atoms with E-state index in [2.05, 4.69) is 15.6 Å². The minimum Gasteiger partial charge on any atom is -0.475 e. The van der Waals surface area contributed by atoms with Crippen molar-refractivity contribution in [2.75, 3.05) is 0 Å². The highest BCUT2D eigenvalue weighted by atomic mass is 35.5. The van der Waals surface area contributed by atoms with E-state index in [9.17, 15) is 22.8 Å². The van der Waals surface area contributed by atoms with Crippen molar-refractivity contribution in [2.45, 2.75) is 26.2 Å². The minimum absolute atomic E-state index is 0.0201. The molecule has 1 heterocycles. The van der Waals surface area contributed by atoms with Crippen molar-refractivity contribution in [3.63, 3.8) is 0 Å². The van der Waals surface area contributed by atoms with Gasteiger partial charge in [-0.3, -0.25) is 9.59 Å². The average molecular weight is 639 g/mol.